The number of Topliss-reactive ketones (excluding diaryl/α,β-unsaturated/α-hetero) is 1. The summed E-state index contributed by atoms with van der Waals surface area (Å²) in [4.78, 5) is 36.1. The van der Waals surface area contributed by atoms with Gasteiger partial charge in [0, 0.05) is 12.3 Å². The Bertz CT molecular complexity index is 432. The van der Waals surface area contributed by atoms with E-state index >= 15 is 0 Å². The van der Waals surface area contributed by atoms with Gasteiger partial charge in [-0.2, -0.15) is 0 Å². The summed E-state index contributed by atoms with van der Waals surface area (Å²) in [5, 5.41) is 0. The average molecular weight is 238 g/mol. The second-order valence-electron chi connectivity index (χ2n) is 5.11. The molecule has 3 rings (SSSR count). The molecule has 4 atom stereocenters. The van der Waals surface area contributed by atoms with Crippen LogP contribution in [-0.4, -0.2) is 31.9 Å². The molecule has 0 aromatic carbocycles. The Hall–Kier alpha value is -1.39. The lowest BCUT2D eigenvalue weighted by atomic mass is 9.88. The van der Waals surface area contributed by atoms with Crippen molar-refractivity contribution in [2.75, 3.05) is 14.2 Å². The van der Waals surface area contributed by atoms with Crippen LogP contribution in [0, 0.1) is 22.7 Å². The smallest absolute Gasteiger partial charge is 0.320 e. The lowest BCUT2D eigenvalue weighted by Crippen LogP contribution is -2.34. The molecular formula is C12H14O5. The summed E-state index contributed by atoms with van der Waals surface area (Å²) in [6.45, 7) is 0. The summed E-state index contributed by atoms with van der Waals surface area (Å²) in [6, 6.07) is 0. The summed E-state index contributed by atoms with van der Waals surface area (Å²) in [7, 11) is 2.57. The van der Waals surface area contributed by atoms with Crippen molar-refractivity contribution in [2.24, 2.45) is 22.7 Å². The maximum absolute atomic E-state index is 12.1. The first-order chi connectivity index (χ1) is 8.08. The Labute approximate surface area is 98.4 Å². The summed E-state index contributed by atoms with van der Waals surface area (Å²) < 4.78 is 9.58. The summed E-state index contributed by atoms with van der Waals surface area (Å²) in [6.07, 6.45) is 1.87. The minimum Gasteiger partial charge on any atom is -0.469 e. The van der Waals surface area contributed by atoms with Crippen molar-refractivity contribution < 1.29 is 23.9 Å². The zero-order valence-electron chi connectivity index (χ0n) is 9.82. The molecule has 0 aromatic heterocycles. The lowest BCUT2D eigenvalue weighted by Gasteiger charge is -2.17. The Kier molecular flexibility index (Phi) is 1.83. The summed E-state index contributed by atoms with van der Waals surface area (Å²) in [5.74, 6) is -1.34. The molecule has 0 N–H and O–H groups in total. The van der Waals surface area contributed by atoms with Crippen LogP contribution in [0.4, 0.5) is 0 Å². The monoisotopic (exact) mass is 238 g/mol. The van der Waals surface area contributed by atoms with Crippen LogP contribution in [0.5, 0.6) is 0 Å². The number of ketones is 1. The normalized spacial score (nSPS) is 45.4. The predicted octanol–water partition coefficient (Wildman–Crippen LogP) is 0.318. The molecule has 4 unspecified atom stereocenters. The van der Waals surface area contributed by atoms with E-state index in [0.717, 1.165) is 12.8 Å². The number of ether oxygens (including phenoxy) is 2. The minimum absolute atomic E-state index is 0.0356. The van der Waals surface area contributed by atoms with Gasteiger partial charge in [-0.25, -0.2) is 0 Å². The van der Waals surface area contributed by atoms with Gasteiger partial charge in [0.2, 0.25) is 0 Å². The van der Waals surface area contributed by atoms with Crippen LogP contribution in [0.1, 0.15) is 19.3 Å². The molecule has 92 valence electrons. The maximum atomic E-state index is 12.1. The van der Waals surface area contributed by atoms with Crippen LogP contribution < -0.4 is 0 Å². The average Bonchev–Trinajstić information content (AvgIpc) is 2.74. The van der Waals surface area contributed by atoms with Crippen LogP contribution >= 0.6 is 0 Å². The van der Waals surface area contributed by atoms with E-state index in [1.54, 1.807) is 0 Å². The topological polar surface area (TPSA) is 69.7 Å². The van der Waals surface area contributed by atoms with Gasteiger partial charge >= 0.3 is 11.9 Å². The van der Waals surface area contributed by atoms with Crippen molar-refractivity contribution in [1.82, 2.24) is 0 Å². The molecule has 17 heavy (non-hydrogen) atoms. The van der Waals surface area contributed by atoms with Gasteiger partial charge in [-0.05, 0) is 18.8 Å². The molecule has 5 heteroatoms. The number of hydrogen-bond acceptors (Lipinski definition) is 5. The quantitative estimate of drug-likeness (QED) is 0.511. The van der Waals surface area contributed by atoms with Gasteiger partial charge in [0.15, 0.2) is 5.78 Å². The fraction of sp³-hybridized carbons (Fsp3) is 0.750. The number of fused-ring (bicyclic) bond motifs is 1. The van der Waals surface area contributed by atoms with E-state index in [2.05, 4.69) is 0 Å². The van der Waals surface area contributed by atoms with Crippen LogP contribution in [0.3, 0.4) is 0 Å². The van der Waals surface area contributed by atoms with Gasteiger partial charge in [-0.1, -0.05) is 0 Å². The van der Waals surface area contributed by atoms with E-state index in [1.165, 1.54) is 14.2 Å². The van der Waals surface area contributed by atoms with Crippen molar-refractivity contribution in [3.8, 4) is 0 Å². The molecule has 0 aromatic rings. The first kappa shape index (κ1) is 10.7. The number of carbonyl (C=O) groups excluding carboxylic acids is 3. The van der Waals surface area contributed by atoms with Crippen molar-refractivity contribution in [3.05, 3.63) is 0 Å². The van der Waals surface area contributed by atoms with Crippen molar-refractivity contribution in [1.29, 1.82) is 0 Å². The van der Waals surface area contributed by atoms with Gasteiger partial charge in [0.05, 0.1) is 19.6 Å². The Morgan fingerprint density at radius 1 is 1.18 bits per heavy atom. The molecule has 0 amide bonds. The van der Waals surface area contributed by atoms with Crippen LogP contribution in [0.2, 0.25) is 0 Å². The third-order valence-electron chi connectivity index (χ3n) is 4.99. The molecule has 0 saturated heterocycles. The molecule has 3 aliphatic rings. The highest BCUT2D eigenvalue weighted by Gasteiger charge is 2.95. The number of hydrogen-bond donors (Lipinski definition) is 0. The van der Waals surface area contributed by atoms with Gasteiger partial charge < -0.3 is 9.47 Å². The maximum Gasteiger partial charge on any atom is 0.320 e. The molecule has 3 aliphatic carbocycles. The third-order valence-corrected chi connectivity index (χ3v) is 4.99. The molecule has 0 aliphatic heterocycles. The zero-order valence-corrected chi connectivity index (χ0v) is 9.82. The number of rotatable bonds is 2. The molecule has 3 fully saturated rings. The van der Waals surface area contributed by atoms with E-state index in [4.69, 9.17) is 9.47 Å². The first-order valence-electron chi connectivity index (χ1n) is 5.78. The van der Waals surface area contributed by atoms with Gasteiger partial charge in [-0.3, -0.25) is 14.4 Å². The van der Waals surface area contributed by atoms with E-state index in [9.17, 15) is 14.4 Å². The van der Waals surface area contributed by atoms with Crippen molar-refractivity contribution >= 4 is 17.7 Å². The van der Waals surface area contributed by atoms with E-state index in [0.29, 0.717) is 6.42 Å². The molecular weight excluding hydrogens is 224 g/mol. The van der Waals surface area contributed by atoms with Gasteiger partial charge in [0.1, 0.15) is 5.41 Å². The molecule has 0 radical (unpaired) electrons. The summed E-state index contributed by atoms with van der Waals surface area (Å²) in [5.41, 5.74) is -2.11. The second-order valence-corrected chi connectivity index (χ2v) is 5.11. The fourth-order valence-corrected chi connectivity index (χ4v) is 4.52. The number of carbonyl (C=O) groups is 3. The van der Waals surface area contributed by atoms with E-state index in [-0.39, 0.29) is 17.6 Å². The highest BCUT2D eigenvalue weighted by Crippen LogP contribution is 2.84. The van der Waals surface area contributed by atoms with E-state index < -0.39 is 22.8 Å². The SMILES string of the molecule is COC(=O)C12C(=O)CC3CCC1C32C(=O)OC. The molecule has 3 saturated carbocycles. The Morgan fingerprint density at radius 3 is 2.41 bits per heavy atom. The number of esters is 2. The highest BCUT2D eigenvalue weighted by atomic mass is 16.5. The molecule has 5 nitrogen and oxygen atoms in total. The second kappa shape index (κ2) is 2.89. The fourth-order valence-electron chi connectivity index (χ4n) is 4.52. The van der Waals surface area contributed by atoms with Crippen molar-refractivity contribution in [2.45, 2.75) is 19.3 Å². The molecule has 0 heterocycles. The van der Waals surface area contributed by atoms with Crippen LogP contribution in [0.15, 0.2) is 0 Å². The summed E-state index contributed by atoms with van der Waals surface area (Å²) >= 11 is 0. The third kappa shape index (κ3) is 0.779. The van der Waals surface area contributed by atoms with Crippen LogP contribution in [-0.2, 0) is 23.9 Å². The predicted molar refractivity (Wildman–Crippen MR) is 54.7 cm³/mol. The van der Waals surface area contributed by atoms with E-state index in [1.807, 2.05) is 0 Å². The standard InChI is InChI=1S/C12H14O5/c1-16-9(14)11-6-3-4-7(11)12(11,8(13)5-6)10(15)17-2/h6-7H,3-5H2,1-2H3. The number of methoxy groups -OCH3 is 2. The molecule has 0 bridgehead atoms. The van der Waals surface area contributed by atoms with Crippen LogP contribution in [0.25, 0.3) is 0 Å². The van der Waals surface area contributed by atoms with Gasteiger partial charge in [-0.15, -0.1) is 0 Å². The zero-order chi connectivity index (χ0) is 12.4. The van der Waals surface area contributed by atoms with Crippen molar-refractivity contribution in [3.63, 3.8) is 0 Å². The Balaban J connectivity index is 2.13. The lowest BCUT2D eigenvalue weighted by molar-refractivity contribution is -0.159. The highest BCUT2D eigenvalue weighted by molar-refractivity contribution is 6.17. The molecule has 0 spiro atoms. The first-order valence-corrected chi connectivity index (χ1v) is 5.78. The largest absolute Gasteiger partial charge is 0.469 e. The minimum atomic E-state index is -1.21. The van der Waals surface area contributed by atoms with Gasteiger partial charge in [0.25, 0.3) is 0 Å². The Morgan fingerprint density at radius 2 is 1.82 bits per heavy atom.